The van der Waals surface area contributed by atoms with Gasteiger partial charge in [0.15, 0.2) is 11.6 Å². The van der Waals surface area contributed by atoms with Crippen LogP contribution in [0.25, 0.3) is 21.8 Å². The molecule has 0 fully saturated rings. The molecule has 186 valence electrons. The van der Waals surface area contributed by atoms with Gasteiger partial charge in [0.2, 0.25) is 0 Å². The lowest BCUT2D eigenvalue weighted by molar-refractivity contribution is 0.0965. The van der Waals surface area contributed by atoms with E-state index in [1.807, 2.05) is 18.2 Å². The summed E-state index contributed by atoms with van der Waals surface area (Å²) in [6.45, 7) is 5.05. The molecule has 0 saturated carbocycles. The van der Waals surface area contributed by atoms with Gasteiger partial charge in [0.1, 0.15) is 0 Å². The Morgan fingerprint density at radius 3 is 2.16 bits per heavy atom. The minimum absolute atomic E-state index is 0.299. The molecular weight excluding hydrogens is 456 g/mol. The third-order valence-corrected chi connectivity index (χ3v) is 7.90. The number of hydrogen-bond donors (Lipinski definition) is 1. The van der Waals surface area contributed by atoms with Crippen LogP contribution >= 0.6 is 0 Å². The van der Waals surface area contributed by atoms with Gasteiger partial charge in [0.05, 0.1) is 5.52 Å². The number of para-hydroxylation sites is 2. The standard InChI is InChI=1S/C20H19NO.C13H13NO/c1-14-7-5-10-16-19-17(11-6-12-18(19)22)21(20(14)16)13-15-8-3-2-4-9-15;1-8-4-2-5-9-12-10(14-13(8)9)6-3-7-11(12)15/h2-5,7-10H,6,11-13H2,1H3;2,4-5,14H,3,6-7H2,1H3. The monoisotopic (exact) mass is 488 g/mol. The van der Waals surface area contributed by atoms with E-state index < -0.39 is 0 Å². The number of rotatable bonds is 2. The number of benzene rings is 3. The molecule has 7 rings (SSSR count). The molecule has 2 aliphatic carbocycles. The van der Waals surface area contributed by atoms with Gasteiger partial charge >= 0.3 is 0 Å². The normalized spacial score (nSPS) is 14.9. The molecule has 37 heavy (non-hydrogen) atoms. The topological polar surface area (TPSA) is 54.9 Å². The van der Waals surface area contributed by atoms with Crippen molar-refractivity contribution in [2.24, 2.45) is 0 Å². The third-order valence-electron chi connectivity index (χ3n) is 7.90. The molecule has 3 aromatic carbocycles. The number of aromatic nitrogens is 2. The van der Waals surface area contributed by atoms with Crippen molar-refractivity contribution in [2.45, 2.75) is 58.9 Å². The number of aromatic amines is 1. The molecule has 4 nitrogen and oxygen atoms in total. The van der Waals surface area contributed by atoms with E-state index in [0.29, 0.717) is 24.4 Å². The van der Waals surface area contributed by atoms with Crippen LogP contribution in [-0.4, -0.2) is 21.1 Å². The molecule has 0 unspecified atom stereocenters. The summed E-state index contributed by atoms with van der Waals surface area (Å²) in [4.78, 5) is 27.7. The fourth-order valence-corrected chi connectivity index (χ4v) is 6.17. The number of aryl methyl sites for hydroxylation is 3. The molecule has 0 spiro atoms. The molecule has 2 aromatic heterocycles. The number of nitrogens with zero attached hydrogens (tertiary/aromatic N) is 1. The SMILES string of the molecule is Cc1cccc2c3c([nH]c12)CCCC3=O.Cc1cccc2c3c(n(Cc4ccccc4)c12)CCCC3=O. The van der Waals surface area contributed by atoms with Crippen LogP contribution < -0.4 is 0 Å². The van der Waals surface area contributed by atoms with E-state index in [4.69, 9.17) is 0 Å². The van der Waals surface area contributed by atoms with Crippen molar-refractivity contribution in [3.8, 4) is 0 Å². The number of carbonyl (C=O) groups excluding carboxylic acids is 2. The Hall–Kier alpha value is -3.92. The first-order valence-electron chi connectivity index (χ1n) is 13.3. The van der Waals surface area contributed by atoms with E-state index in [1.54, 1.807) is 0 Å². The molecular formula is C33H32N2O2. The molecule has 0 atom stereocenters. The molecule has 0 amide bonds. The first-order chi connectivity index (χ1) is 18.0. The zero-order valence-electron chi connectivity index (χ0n) is 21.6. The number of H-pyrrole nitrogens is 1. The van der Waals surface area contributed by atoms with Gasteiger partial charge in [-0.3, -0.25) is 9.59 Å². The number of ketones is 2. The molecule has 2 aliphatic rings. The lowest BCUT2D eigenvalue weighted by Crippen LogP contribution is -2.13. The summed E-state index contributed by atoms with van der Waals surface area (Å²) in [5.41, 5.74) is 10.4. The van der Waals surface area contributed by atoms with Crippen molar-refractivity contribution >= 4 is 33.4 Å². The summed E-state index contributed by atoms with van der Waals surface area (Å²) in [7, 11) is 0. The maximum absolute atomic E-state index is 12.5. The molecule has 4 heteroatoms. The van der Waals surface area contributed by atoms with Gasteiger partial charge in [0.25, 0.3) is 0 Å². The van der Waals surface area contributed by atoms with E-state index in [2.05, 4.69) is 71.9 Å². The summed E-state index contributed by atoms with van der Waals surface area (Å²) >= 11 is 0. The number of nitrogens with one attached hydrogen (secondary N) is 1. The molecule has 5 aromatic rings. The average molecular weight is 489 g/mol. The maximum atomic E-state index is 12.5. The predicted octanol–water partition coefficient (Wildman–Crippen LogP) is 7.51. The molecule has 2 heterocycles. The van der Waals surface area contributed by atoms with Gasteiger partial charge in [-0.2, -0.15) is 0 Å². The Morgan fingerprint density at radius 1 is 0.703 bits per heavy atom. The van der Waals surface area contributed by atoms with Crippen molar-refractivity contribution in [2.75, 3.05) is 0 Å². The van der Waals surface area contributed by atoms with E-state index in [-0.39, 0.29) is 0 Å². The number of Topliss-reactive ketones (excluding diaryl/α,β-unsaturated/α-hetero) is 2. The van der Waals surface area contributed by atoms with Gasteiger partial charge in [-0.1, -0.05) is 66.7 Å². The summed E-state index contributed by atoms with van der Waals surface area (Å²) < 4.78 is 2.37. The highest BCUT2D eigenvalue weighted by Crippen LogP contribution is 2.34. The van der Waals surface area contributed by atoms with Gasteiger partial charge < -0.3 is 9.55 Å². The van der Waals surface area contributed by atoms with Crippen LogP contribution in [0.4, 0.5) is 0 Å². The highest BCUT2D eigenvalue weighted by molar-refractivity contribution is 6.11. The minimum Gasteiger partial charge on any atom is -0.358 e. The van der Waals surface area contributed by atoms with Crippen LogP contribution in [-0.2, 0) is 19.4 Å². The Labute approximate surface area is 217 Å². The van der Waals surface area contributed by atoms with E-state index in [9.17, 15) is 9.59 Å². The van der Waals surface area contributed by atoms with Crippen molar-refractivity contribution in [3.63, 3.8) is 0 Å². The van der Waals surface area contributed by atoms with Gasteiger partial charge in [-0.15, -0.1) is 0 Å². The molecule has 0 saturated heterocycles. The Kier molecular flexibility index (Phi) is 6.03. The van der Waals surface area contributed by atoms with Crippen LogP contribution in [0.2, 0.25) is 0 Å². The predicted molar refractivity (Wildman–Crippen MR) is 150 cm³/mol. The van der Waals surface area contributed by atoms with Gasteiger partial charge in [-0.05, 0) is 56.2 Å². The molecule has 0 radical (unpaired) electrons. The van der Waals surface area contributed by atoms with Crippen molar-refractivity contribution < 1.29 is 9.59 Å². The van der Waals surface area contributed by atoms with Crippen molar-refractivity contribution in [3.05, 3.63) is 106 Å². The van der Waals surface area contributed by atoms with Crippen LogP contribution in [0.3, 0.4) is 0 Å². The van der Waals surface area contributed by atoms with E-state index >= 15 is 0 Å². The third kappa shape index (κ3) is 4.11. The van der Waals surface area contributed by atoms with E-state index in [0.717, 1.165) is 65.3 Å². The van der Waals surface area contributed by atoms with Crippen LogP contribution in [0.15, 0.2) is 66.7 Å². The fourth-order valence-electron chi connectivity index (χ4n) is 6.17. The zero-order valence-corrected chi connectivity index (χ0v) is 21.6. The largest absolute Gasteiger partial charge is 0.358 e. The summed E-state index contributed by atoms with van der Waals surface area (Å²) in [5, 5.41) is 2.24. The number of fused-ring (bicyclic) bond motifs is 6. The summed E-state index contributed by atoms with van der Waals surface area (Å²) in [6, 6.07) is 22.9. The summed E-state index contributed by atoms with van der Waals surface area (Å²) in [6.07, 6.45) is 5.35. The number of hydrogen-bond acceptors (Lipinski definition) is 2. The Balaban J connectivity index is 0.000000146. The zero-order chi connectivity index (χ0) is 25.5. The molecule has 1 N–H and O–H groups in total. The maximum Gasteiger partial charge on any atom is 0.165 e. The van der Waals surface area contributed by atoms with Crippen LogP contribution in [0, 0.1) is 13.8 Å². The average Bonchev–Trinajstić information content (AvgIpc) is 3.45. The first-order valence-corrected chi connectivity index (χ1v) is 13.3. The second kappa shape index (κ2) is 9.51. The van der Waals surface area contributed by atoms with Gasteiger partial charge in [-0.25, -0.2) is 0 Å². The minimum atomic E-state index is 0.299. The first kappa shape index (κ1) is 23.5. The Bertz CT molecular complexity index is 1650. The smallest absolute Gasteiger partial charge is 0.165 e. The quantitative estimate of drug-likeness (QED) is 0.279. The molecule has 0 bridgehead atoms. The molecule has 0 aliphatic heterocycles. The van der Waals surface area contributed by atoms with Gasteiger partial charge in [0, 0.05) is 58.2 Å². The second-order valence-electron chi connectivity index (χ2n) is 10.4. The highest BCUT2D eigenvalue weighted by atomic mass is 16.1. The highest BCUT2D eigenvalue weighted by Gasteiger charge is 2.26. The lowest BCUT2D eigenvalue weighted by Gasteiger charge is -2.16. The summed E-state index contributed by atoms with van der Waals surface area (Å²) in [5.74, 6) is 0.608. The fraction of sp³-hybridized carbons (Fsp3) is 0.273. The van der Waals surface area contributed by atoms with Crippen molar-refractivity contribution in [1.29, 1.82) is 0 Å². The lowest BCUT2D eigenvalue weighted by atomic mass is 9.94. The van der Waals surface area contributed by atoms with Crippen LogP contribution in [0.5, 0.6) is 0 Å². The Morgan fingerprint density at radius 2 is 1.38 bits per heavy atom. The van der Waals surface area contributed by atoms with Crippen molar-refractivity contribution in [1.82, 2.24) is 9.55 Å². The second-order valence-corrected chi connectivity index (χ2v) is 10.4. The number of carbonyl (C=O) groups is 2. The van der Waals surface area contributed by atoms with E-state index in [1.165, 1.54) is 27.9 Å². The van der Waals surface area contributed by atoms with Crippen LogP contribution in [0.1, 0.15) is 74.5 Å².